The van der Waals surface area contributed by atoms with Crippen LogP contribution in [0.4, 0.5) is 4.79 Å². The van der Waals surface area contributed by atoms with Crippen LogP contribution >= 0.6 is 11.8 Å². The Hall–Kier alpha value is -0.950. The van der Waals surface area contributed by atoms with E-state index in [-0.39, 0.29) is 0 Å². The summed E-state index contributed by atoms with van der Waals surface area (Å²) >= 11 is 1.53. The molecule has 0 bridgehead atoms. The Morgan fingerprint density at radius 3 is 2.22 bits per heavy atom. The molecule has 0 aromatic heterocycles. The van der Waals surface area contributed by atoms with E-state index in [1.165, 1.54) is 43.9 Å². The molecule has 0 saturated heterocycles. The van der Waals surface area contributed by atoms with Crippen molar-refractivity contribution in [2.45, 2.75) is 77.0 Å². The quantitative estimate of drug-likeness (QED) is 0.706. The van der Waals surface area contributed by atoms with Gasteiger partial charge in [-0.3, -0.25) is 0 Å². The molecule has 0 spiro atoms. The van der Waals surface area contributed by atoms with Crippen molar-refractivity contribution < 1.29 is 19.4 Å². The molecule has 0 aromatic carbocycles. The van der Waals surface area contributed by atoms with E-state index in [1.54, 1.807) is 20.8 Å². The SMILES string of the molecule is CSCCC(NC(=O)OC(C)(C)C)C(=O)O.NC1CCCCC1. The van der Waals surface area contributed by atoms with Gasteiger partial charge in [0, 0.05) is 6.04 Å². The third-order valence-electron chi connectivity index (χ3n) is 3.25. The van der Waals surface area contributed by atoms with Gasteiger partial charge in [-0.2, -0.15) is 11.8 Å². The first-order chi connectivity index (χ1) is 10.7. The van der Waals surface area contributed by atoms with Crippen LogP contribution in [-0.4, -0.2) is 46.9 Å². The van der Waals surface area contributed by atoms with Gasteiger partial charge in [0.25, 0.3) is 0 Å². The molecular weight excluding hydrogens is 316 g/mol. The molecule has 0 aromatic rings. The number of nitrogens with two attached hydrogens (primary N) is 1. The van der Waals surface area contributed by atoms with Gasteiger partial charge in [0.1, 0.15) is 11.6 Å². The van der Waals surface area contributed by atoms with Crippen molar-refractivity contribution in [3.63, 3.8) is 0 Å². The smallest absolute Gasteiger partial charge is 0.408 e. The monoisotopic (exact) mass is 348 g/mol. The second kappa shape index (κ2) is 11.6. The van der Waals surface area contributed by atoms with Crippen molar-refractivity contribution >= 4 is 23.8 Å². The highest BCUT2D eigenvalue weighted by molar-refractivity contribution is 7.98. The number of aliphatic carboxylic acids is 1. The number of carboxylic acid groups (broad SMARTS) is 1. The lowest BCUT2D eigenvalue weighted by molar-refractivity contribution is -0.139. The lowest BCUT2D eigenvalue weighted by Crippen LogP contribution is -2.43. The average molecular weight is 349 g/mol. The van der Waals surface area contributed by atoms with Crippen LogP contribution in [0.5, 0.6) is 0 Å². The van der Waals surface area contributed by atoms with Gasteiger partial charge < -0.3 is 20.9 Å². The normalized spacial score (nSPS) is 16.7. The van der Waals surface area contributed by atoms with Crippen LogP contribution in [-0.2, 0) is 9.53 Å². The lowest BCUT2D eigenvalue weighted by Gasteiger charge is -2.21. The maximum absolute atomic E-state index is 11.3. The second-order valence-corrected chi connectivity index (χ2v) is 7.70. The number of carboxylic acids is 1. The Morgan fingerprint density at radius 1 is 1.30 bits per heavy atom. The average Bonchev–Trinajstić information content (AvgIpc) is 2.42. The molecule has 1 saturated carbocycles. The Kier molecular flexibility index (Phi) is 11.1. The molecule has 23 heavy (non-hydrogen) atoms. The molecule has 4 N–H and O–H groups in total. The molecule has 136 valence electrons. The van der Waals surface area contributed by atoms with Crippen LogP contribution in [0, 0.1) is 0 Å². The first-order valence-electron chi connectivity index (χ1n) is 8.12. The largest absolute Gasteiger partial charge is 0.480 e. The molecule has 1 rings (SSSR count). The van der Waals surface area contributed by atoms with Crippen LogP contribution in [0.1, 0.15) is 59.3 Å². The Balaban J connectivity index is 0.000000568. The Bertz CT molecular complexity index is 352. The molecule has 1 atom stereocenters. The summed E-state index contributed by atoms with van der Waals surface area (Å²) in [6, 6.07) is -0.351. The van der Waals surface area contributed by atoms with Gasteiger partial charge in [-0.1, -0.05) is 19.3 Å². The number of hydrogen-bond donors (Lipinski definition) is 3. The van der Waals surface area contributed by atoms with E-state index in [2.05, 4.69) is 5.32 Å². The number of thioether (sulfide) groups is 1. The van der Waals surface area contributed by atoms with E-state index in [1.807, 2.05) is 6.26 Å². The molecule has 7 heteroatoms. The predicted octanol–water partition coefficient (Wildman–Crippen LogP) is 3.00. The van der Waals surface area contributed by atoms with Gasteiger partial charge in [-0.05, 0) is 52.0 Å². The molecular formula is C16H32N2O4S. The standard InChI is InChI=1S/C10H19NO4S.C6H13N/c1-10(2,3)15-9(14)11-7(8(12)13)5-6-16-4;7-6-4-2-1-3-5-6/h7H,5-6H2,1-4H3,(H,11,14)(H,12,13);6H,1-5,7H2. The zero-order valence-electron chi connectivity index (χ0n) is 14.8. The van der Waals surface area contributed by atoms with Crippen molar-refractivity contribution in [2.75, 3.05) is 12.0 Å². The van der Waals surface area contributed by atoms with Gasteiger partial charge in [-0.15, -0.1) is 0 Å². The number of nitrogens with one attached hydrogen (secondary N) is 1. The number of amides is 1. The van der Waals surface area contributed by atoms with Crippen LogP contribution in [0.3, 0.4) is 0 Å². The lowest BCUT2D eigenvalue weighted by atomic mass is 9.97. The molecule has 0 radical (unpaired) electrons. The molecule has 0 heterocycles. The summed E-state index contributed by atoms with van der Waals surface area (Å²) < 4.78 is 4.98. The highest BCUT2D eigenvalue weighted by atomic mass is 32.2. The number of alkyl carbamates (subject to hydrolysis) is 1. The Labute approximate surface area is 143 Å². The molecule has 6 nitrogen and oxygen atoms in total. The van der Waals surface area contributed by atoms with Gasteiger partial charge in [0.15, 0.2) is 0 Å². The van der Waals surface area contributed by atoms with E-state index >= 15 is 0 Å². The summed E-state index contributed by atoms with van der Waals surface area (Å²) in [4.78, 5) is 22.2. The maximum Gasteiger partial charge on any atom is 0.408 e. The fraction of sp³-hybridized carbons (Fsp3) is 0.875. The summed E-state index contributed by atoms with van der Waals surface area (Å²) in [7, 11) is 0. The third kappa shape index (κ3) is 13.2. The number of carbonyl (C=O) groups excluding carboxylic acids is 1. The zero-order valence-corrected chi connectivity index (χ0v) is 15.6. The Morgan fingerprint density at radius 2 is 1.87 bits per heavy atom. The van der Waals surface area contributed by atoms with Crippen molar-refractivity contribution in [1.82, 2.24) is 5.32 Å². The zero-order chi connectivity index (χ0) is 17.9. The van der Waals surface area contributed by atoms with Gasteiger partial charge in [0.2, 0.25) is 0 Å². The summed E-state index contributed by atoms with van der Waals surface area (Å²) in [5.74, 6) is -0.368. The predicted molar refractivity (Wildman–Crippen MR) is 94.9 cm³/mol. The van der Waals surface area contributed by atoms with E-state index in [0.717, 1.165) is 0 Å². The first-order valence-corrected chi connectivity index (χ1v) is 9.52. The van der Waals surface area contributed by atoms with Crippen molar-refractivity contribution in [3.05, 3.63) is 0 Å². The maximum atomic E-state index is 11.3. The summed E-state index contributed by atoms with van der Waals surface area (Å²) in [6.45, 7) is 5.18. The summed E-state index contributed by atoms with van der Waals surface area (Å²) in [5.41, 5.74) is 5.02. The van der Waals surface area contributed by atoms with Crippen LogP contribution in [0.15, 0.2) is 0 Å². The topological polar surface area (TPSA) is 102 Å². The third-order valence-corrected chi connectivity index (χ3v) is 3.89. The first kappa shape index (κ1) is 22.1. The van der Waals surface area contributed by atoms with Gasteiger partial charge in [-0.25, -0.2) is 9.59 Å². The van der Waals surface area contributed by atoms with Crippen LogP contribution < -0.4 is 11.1 Å². The van der Waals surface area contributed by atoms with Crippen molar-refractivity contribution in [2.24, 2.45) is 5.73 Å². The number of hydrogen-bond acceptors (Lipinski definition) is 5. The van der Waals surface area contributed by atoms with Crippen LogP contribution in [0.2, 0.25) is 0 Å². The van der Waals surface area contributed by atoms with Crippen molar-refractivity contribution in [3.8, 4) is 0 Å². The van der Waals surface area contributed by atoms with Crippen LogP contribution in [0.25, 0.3) is 0 Å². The molecule has 0 aliphatic heterocycles. The minimum absolute atomic E-state index is 0.385. The number of carbonyl (C=O) groups is 2. The van der Waals surface area contributed by atoms with E-state index in [4.69, 9.17) is 15.6 Å². The minimum Gasteiger partial charge on any atom is -0.480 e. The second-order valence-electron chi connectivity index (χ2n) is 6.72. The van der Waals surface area contributed by atoms with Gasteiger partial charge in [0.05, 0.1) is 0 Å². The highest BCUT2D eigenvalue weighted by Gasteiger charge is 2.23. The number of ether oxygens (including phenoxy) is 1. The van der Waals surface area contributed by atoms with E-state index in [0.29, 0.717) is 18.2 Å². The number of rotatable bonds is 5. The van der Waals surface area contributed by atoms with E-state index in [9.17, 15) is 9.59 Å². The fourth-order valence-corrected chi connectivity index (χ4v) is 2.55. The molecule has 1 unspecified atom stereocenters. The molecule has 1 aliphatic carbocycles. The van der Waals surface area contributed by atoms with Crippen molar-refractivity contribution in [1.29, 1.82) is 0 Å². The van der Waals surface area contributed by atoms with Gasteiger partial charge >= 0.3 is 12.1 Å². The summed E-state index contributed by atoms with van der Waals surface area (Å²) in [5, 5.41) is 11.2. The fourth-order valence-electron chi connectivity index (χ4n) is 2.08. The van der Waals surface area contributed by atoms with E-state index < -0.39 is 23.7 Å². The summed E-state index contributed by atoms with van der Waals surface area (Å²) in [6.07, 6.45) is 8.24. The molecule has 1 aliphatic rings. The molecule has 1 amide bonds. The highest BCUT2D eigenvalue weighted by Crippen LogP contribution is 2.14. The minimum atomic E-state index is -1.04. The molecule has 1 fully saturated rings.